The van der Waals surface area contributed by atoms with E-state index in [0.29, 0.717) is 12.8 Å². The molecule has 0 amide bonds. The number of rotatable bonds is 33. The molecule has 0 aliphatic rings. The molecular formula is C38H64NO10P. The lowest BCUT2D eigenvalue weighted by atomic mass is 10.1. The van der Waals surface area contributed by atoms with Crippen molar-refractivity contribution in [3.05, 3.63) is 60.8 Å². The number of carboxylic acids is 1. The molecule has 0 aromatic heterocycles. The molecule has 3 unspecified atom stereocenters. The summed E-state index contributed by atoms with van der Waals surface area (Å²) >= 11 is 0. The van der Waals surface area contributed by atoms with Crippen LogP contribution in [0.4, 0.5) is 0 Å². The number of nitrogens with two attached hydrogens (primary N) is 1. The molecule has 286 valence electrons. The zero-order valence-electron chi connectivity index (χ0n) is 30.5. The van der Waals surface area contributed by atoms with Crippen LogP contribution in [0, 0.1) is 0 Å². The summed E-state index contributed by atoms with van der Waals surface area (Å²) in [5.74, 6) is -2.50. The fourth-order valence-electron chi connectivity index (χ4n) is 4.36. The molecule has 0 aromatic carbocycles. The number of hydrogen-bond donors (Lipinski definition) is 3. The van der Waals surface area contributed by atoms with Crippen LogP contribution in [0.25, 0.3) is 0 Å². The maximum atomic E-state index is 12.5. The second-order valence-corrected chi connectivity index (χ2v) is 13.4. The summed E-state index contributed by atoms with van der Waals surface area (Å²) in [7, 11) is -4.73. The summed E-state index contributed by atoms with van der Waals surface area (Å²) in [5.41, 5.74) is 5.30. The van der Waals surface area contributed by atoms with Gasteiger partial charge in [0.15, 0.2) is 6.10 Å². The Morgan fingerprint density at radius 1 is 0.640 bits per heavy atom. The van der Waals surface area contributed by atoms with Gasteiger partial charge in [-0.2, -0.15) is 0 Å². The summed E-state index contributed by atoms with van der Waals surface area (Å²) in [6.07, 6.45) is 36.0. The number of carbonyl (C=O) groups excluding carboxylic acids is 2. The lowest BCUT2D eigenvalue weighted by Gasteiger charge is -2.20. The van der Waals surface area contributed by atoms with Gasteiger partial charge in [0.05, 0.1) is 13.2 Å². The molecule has 50 heavy (non-hydrogen) atoms. The van der Waals surface area contributed by atoms with E-state index in [2.05, 4.69) is 60.9 Å². The highest BCUT2D eigenvalue weighted by Gasteiger charge is 2.28. The molecule has 0 aliphatic carbocycles. The monoisotopic (exact) mass is 725 g/mol. The third-order valence-electron chi connectivity index (χ3n) is 7.26. The average molecular weight is 726 g/mol. The van der Waals surface area contributed by atoms with Crippen molar-refractivity contribution in [2.45, 2.75) is 142 Å². The van der Waals surface area contributed by atoms with E-state index in [9.17, 15) is 23.8 Å². The van der Waals surface area contributed by atoms with Gasteiger partial charge in [0.1, 0.15) is 12.6 Å². The first kappa shape index (κ1) is 47.2. The van der Waals surface area contributed by atoms with Gasteiger partial charge in [-0.3, -0.25) is 23.4 Å². The topological polar surface area (TPSA) is 172 Å². The number of allylic oxidation sites excluding steroid dienone is 10. The fraction of sp³-hybridized carbons (Fsp3) is 0.658. The van der Waals surface area contributed by atoms with E-state index in [1.165, 1.54) is 25.7 Å². The molecule has 11 nitrogen and oxygen atoms in total. The number of hydrogen-bond acceptors (Lipinski definition) is 9. The van der Waals surface area contributed by atoms with Crippen LogP contribution >= 0.6 is 7.82 Å². The molecule has 12 heteroatoms. The van der Waals surface area contributed by atoms with Crippen LogP contribution in [0.3, 0.4) is 0 Å². The van der Waals surface area contributed by atoms with Crippen LogP contribution in [0.15, 0.2) is 60.8 Å². The Morgan fingerprint density at radius 3 is 1.76 bits per heavy atom. The van der Waals surface area contributed by atoms with Gasteiger partial charge in [-0.1, -0.05) is 113 Å². The maximum absolute atomic E-state index is 12.5. The van der Waals surface area contributed by atoms with Crippen molar-refractivity contribution in [1.29, 1.82) is 0 Å². The molecule has 0 bridgehead atoms. The molecule has 0 saturated carbocycles. The Bertz CT molecular complexity index is 1090. The average Bonchev–Trinajstić information content (AvgIpc) is 3.09. The van der Waals surface area contributed by atoms with Crippen LogP contribution in [-0.4, -0.2) is 59.9 Å². The van der Waals surface area contributed by atoms with Crippen molar-refractivity contribution in [2.24, 2.45) is 5.73 Å². The molecule has 0 fully saturated rings. The molecule has 0 spiro atoms. The lowest BCUT2D eigenvalue weighted by Crippen LogP contribution is -2.34. The van der Waals surface area contributed by atoms with Crippen LogP contribution in [0.2, 0.25) is 0 Å². The van der Waals surface area contributed by atoms with E-state index >= 15 is 0 Å². The van der Waals surface area contributed by atoms with Crippen molar-refractivity contribution in [2.75, 3.05) is 19.8 Å². The summed E-state index contributed by atoms with van der Waals surface area (Å²) < 4.78 is 32.4. The first-order chi connectivity index (χ1) is 24.1. The van der Waals surface area contributed by atoms with Crippen LogP contribution in [0.1, 0.15) is 129 Å². The number of phosphoric ester groups is 1. The first-order valence-corrected chi connectivity index (χ1v) is 19.8. The number of ether oxygens (including phenoxy) is 2. The second kappa shape index (κ2) is 33.3. The number of carboxylic acid groups (broad SMARTS) is 1. The molecule has 0 aliphatic heterocycles. The van der Waals surface area contributed by atoms with Gasteiger partial charge < -0.3 is 25.2 Å². The Balaban J connectivity index is 4.60. The van der Waals surface area contributed by atoms with Crippen LogP contribution < -0.4 is 5.73 Å². The van der Waals surface area contributed by atoms with Crippen molar-refractivity contribution in [1.82, 2.24) is 0 Å². The van der Waals surface area contributed by atoms with E-state index in [1.807, 2.05) is 18.2 Å². The largest absolute Gasteiger partial charge is 0.480 e. The molecule has 0 heterocycles. The van der Waals surface area contributed by atoms with E-state index in [1.54, 1.807) is 0 Å². The van der Waals surface area contributed by atoms with Gasteiger partial charge >= 0.3 is 25.7 Å². The Morgan fingerprint density at radius 2 is 1.16 bits per heavy atom. The standard InChI is InChI=1S/C38H64NO10P/c1-3-5-7-9-11-13-15-17-19-21-23-25-27-29-36(40)46-31-34(32-47-50(44,45)48-33-35(39)38(42)43)49-37(41)30-28-26-24-22-20-18-16-14-12-10-8-6-4-2/h6,8,12-15,18,20,24,26,34-35H,3-5,7,9-11,16-17,19,21-23,25,27-33,39H2,1-2H3,(H,42,43)(H,44,45)/b8-6-,14-12-,15-13-,20-18-,26-24-. The summed E-state index contributed by atoms with van der Waals surface area (Å²) in [4.78, 5) is 45.6. The molecule has 4 N–H and O–H groups in total. The Hall–Kier alpha value is -2.82. The SMILES string of the molecule is CC/C=C\C/C=C\C/C=C\C/C=C\CCC(=O)OC(COC(=O)CCCCCCC/C=C\CCCCCC)COP(=O)(O)OCC(N)C(=O)O. The van der Waals surface area contributed by atoms with Gasteiger partial charge in [-0.05, 0) is 64.2 Å². The molecule has 0 saturated heterocycles. The maximum Gasteiger partial charge on any atom is 0.472 e. The number of phosphoric acid groups is 1. The number of unbranched alkanes of at least 4 members (excludes halogenated alkanes) is 9. The predicted octanol–water partition coefficient (Wildman–Crippen LogP) is 8.83. The Kier molecular flexibility index (Phi) is 31.5. The van der Waals surface area contributed by atoms with E-state index in [-0.39, 0.29) is 19.4 Å². The normalized spacial score (nSPS) is 14.6. The van der Waals surface area contributed by atoms with Crippen molar-refractivity contribution in [3.8, 4) is 0 Å². The highest BCUT2D eigenvalue weighted by atomic mass is 31.2. The third kappa shape index (κ3) is 32.4. The van der Waals surface area contributed by atoms with Gasteiger partial charge in [-0.25, -0.2) is 4.57 Å². The highest BCUT2D eigenvalue weighted by molar-refractivity contribution is 7.47. The Labute approximate surface area is 300 Å². The van der Waals surface area contributed by atoms with Gasteiger partial charge in [-0.15, -0.1) is 0 Å². The summed E-state index contributed by atoms with van der Waals surface area (Å²) in [6.45, 7) is 2.55. The summed E-state index contributed by atoms with van der Waals surface area (Å²) in [5, 5.41) is 8.84. The second-order valence-electron chi connectivity index (χ2n) is 12.0. The van der Waals surface area contributed by atoms with Crippen LogP contribution in [-0.2, 0) is 37.5 Å². The minimum absolute atomic E-state index is 0.0359. The van der Waals surface area contributed by atoms with Crippen molar-refractivity contribution in [3.63, 3.8) is 0 Å². The predicted molar refractivity (Wildman–Crippen MR) is 198 cm³/mol. The zero-order valence-corrected chi connectivity index (χ0v) is 31.4. The zero-order chi connectivity index (χ0) is 37.1. The molecule has 3 atom stereocenters. The van der Waals surface area contributed by atoms with Crippen LogP contribution in [0.5, 0.6) is 0 Å². The fourth-order valence-corrected chi connectivity index (χ4v) is 5.14. The highest BCUT2D eigenvalue weighted by Crippen LogP contribution is 2.43. The lowest BCUT2D eigenvalue weighted by molar-refractivity contribution is -0.161. The smallest absolute Gasteiger partial charge is 0.472 e. The van der Waals surface area contributed by atoms with Gasteiger partial charge in [0, 0.05) is 12.8 Å². The number of esters is 2. The van der Waals surface area contributed by atoms with Crippen molar-refractivity contribution >= 4 is 25.7 Å². The molecule has 0 rings (SSSR count). The number of carbonyl (C=O) groups is 3. The molecular weight excluding hydrogens is 661 g/mol. The van der Waals surface area contributed by atoms with Crippen molar-refractivity contribution < 1.29 is 47.5 Å². The van der Waals surface area contributed by atoms with Gasteiger partial charge in [0.25, 0.3) is 0 Å². The summed E-state index contributed by atoms with van der Waals surface area (Å²) in [6, 6.07) is -1.53. The molecule has 0 radical (unpaired) electrons. The minimum atomic E-state index is -4.73. The quantitative estimate of drug-likeness (QED) is 0.0255. The minimum Gasteiger partial charge on any atom is -0.480 e. The number of aliphatic carboxylic acids is 1. The third-order valence-corrected chi connectivity index (χ3v) is 8.21. The first-order valence-electron chi connectivity index (χ1n) is 18.3. The van der Waals surface area contributed by atoms with E-state index < -0.39 is 51.1 Å². The van der Waals surface area contributed by atoms with E-state index in [0.717, 1.165) is 64.2 Å². The van der Waals surface area contributed by atoms with E-state index in [4.69, 9.17) is 24.8 Å². The molecule has 0 aromatic rings. The van der Waals surface area contributed by atoms with Gasteiger partial charge in [0.2, 0.25) is 0 Å².